The monoisotopic (exact) mass is 279 g/mol. The van der Waals surface area contributed by atoms with Crippen LogP contribution in [0.3, 0.4) is 0 Å². The van der Waals surface area contributed by atoms with E-state index in [9.17, 15) is 4.79 Å². The molecule has 0 bridgehead atoms. The van der Waals surface area contributed by atoms with Crippen molar-refractivity contribution in [2.45, 2.75) is 45.1 Å². The van der Waals surface area contributed by atoms with Gasteiger partial charge in [0.2, 0.25) is 0 Å². The molecule has 0 aliphatic heterocycles. The lowest BCUT2D eigenvalue weighted by Crippen LogP contribution is -2.36. The molecule has 19 heavy (non-hydrogen) atoms. The molecule has 2 rings (SSSR count). The number of hydrogen-bond donors (Lipinski definition) is 1. The van der Waals surface area contributed by atoms with Crippen LogP contribution < -0.4 is 5.32 Å². The zero-order valence-electron chi connectivity index (χ0n) is 11.2. The van der Waals surface area contributed by atoms with Crippen molar-refractivity contribution in [2.24, 2.45) is 0 Å². The summed E-state index contributed by atoms with van der Waals surface area (Å²) in [4.78, 5) is 20.6. The largest absolute Gasteiger partial charge is 0.348 e. The first-order valence-electron chi connectivity index (χ1n) is 6.56. The van der Waals surface area contributed by atoms with Gasteiger partial charge in [0.1, 0.15) is 11.5 Å². The Hall–Kier alpha value is -1.42. The molecule has 1 aromatic rings. The van der Waals surface area contributed by atoms with E-state index in [4.69, 9.17) is 11.6 Å². The maximum Gasteiger partial charge on any atom is 0.271 e. The summed E-state index contributed by atoms with van der Waals surface area (Å²) in [6.45, 7) is 3.97. The molecule has 1 aliphatic rings. The summed E-state index contributed by atoms with van der Waals surface area (Å²) in [5, 5.41) is 3.28. The molecular weight excluding hydrogens is 262 g/mol. The Morgan fingerprint density at radius 3 is 2.89 bits per heavy atom. The molecule has 102 valence electrons. The van der Waals surface area contributed by atoms with Crippen molar-refractivity contribution in [1.82, 2.24) is 15.3 Å². The summed E-state index contributed by atoms with van der Waals surface area (Å²) in [7, 11) is 0. The molecule has 4 nitrogen and oxygen atoms in total. The van der Waals surface area contributed by atoms with Crippen LogP contribution in [-0.2, 0) is 0 Å². The molecule has 1 atom stereocenters. The third-order valence-corrected chi connectivity index (χ3v) is 3.38. The van der Waals surface area contributed by atoms with Crippen molar-refractivity contribution >= 4 is 17.5 Å². The quantitative estimate of drug-likeness (QED) is 0.865. The van der Waals surface area contributed by atoms with Crippen molar-refractivity contribution in [3.8, 4) is 0 Å². The van der Waals surface area contributed by atoms with Crippen molar-refractivity contribution in [2.75, 3.05) is 0 Å². The molecule has 0 aromatic carbocycles. The Bertz CT molecular complexity index is 499. The SMILES string of the molecule is CC(C)c1ncc(Cl)c(C(=O)NC2CC=CCC2)n1. The predicted molar refractivity (Wildman–Crippen MR) is 75.4 cm³/mol. The van der Waals surface area contributed by atoms with Crippen LogP contribution in [0.15, 0.2) is 18.3 Å². The molecule has 0 radical (unpaired) electrons. The summed E-state index contributed by atoms with van der Waals surface area (Å²) in [5.41, 5.74) is 0.273. The zero-order valence-corrected chi connectivity index (χ0v) is 11.9. The maximum atomic E-state index is 12.2. The molecule has 0 spiro atoms. The second-order valence-electron chi connectivity index (χ2n) is 5.03. The summed E-state index contributed by atoms with van der Waals surface area (Å²) in [6.07, 6.45) is 8.56. The summed E-state index contributed by atoms with van der Waals surface area (Å²) < 4.78 is 0. The van der Waals surface area contributed by atoms with E-state index in [1.807, 2.05) is 13.8 Å². The minimum Gasteiger partial charge on any atom is -0.348 e. The van der Waals surface area contributed by atoms with Crippen molar-refractivity contribution in [3.63, 3.8) is 0 Å². The van der Waals surface area contributed by atoms with E-state index < -0.39 is 0 Å². The van der Waals surface area contributed by atoms with Crippen LogP contribution in [-0.4, -0.2) is 21.9 Å². The normalized spacial score (nSPS) is 18.6. The Kier molecular flexibility index (Phi) is 4.53. The van der Waals surface area contributed by atoms with Gasteiger partial charge in [0, 0.05) is 12.0 Å². The van der Waals surface area contributed by atoms with Gasteiger partial charge in [-0.25, -0.2) is 9.97 Å². The molecule has 5 heteroatoms. The van der Waals surface area contributed by atoms with Crippen molar-refractivity contribution in [1.29, 1.82) is 0 Å². The Labute approximate surface area is 118 Å². The van der Waals surface area contributed by atoms with Crippen LogP contribution >= 0.6 is 11.6 Å². The first kappa shape index (κ1) is 14.0. The molecule has 1 amide bonds. The third kappa shape index (κ3) is 3.53. The van der Waals surface area contributed by atoms with Gasteiger partial charge >= 0.3 is 0 Å². The average molecular weight is 280 g/mol. The highest BCUT2D eigenvalue weighted by Gasteiger charge is 2.19. The number of nitrogens with one attached hydrogen (secondary N) is 1. The molecule has 1 aromatic heterocycles. The summed E-state index contributed by atoms with van der Waals surface area (Å²) in [6, 6.07) is 0.172. The number of hydrogen-bond acceptors (Lipinski definition) is 3. The van der Waals surface area contributed by atoms with Crippen molar-refractivity contribution < 1.29 is 4.79 Å². The van der Waals surface area contributed by atoms with Gasteiger partial charge in [0.25, 0.3) is 5.91 Å². The average Bonchev–Trinajstić information content (AvgIpc) is 2.40. The third-order valence-electron chi connectivity index (χ3n) is 3.10. The standard InChI is InChI=1S/C14H18ClN3O/c1-9(2)13-16-8-11(15)12(18-13)14(19)17-10-6-4-3-5-7-10/h3-4,8-10H,5-7H2,1-2H3,(H,17,19). The zero-order chi connectivity index (χ0) is 13.8. The van der Waals surface area contributed by atoms with Gasteiger partial charge in [0.05, 0.1) is 11.2 Å². The first-order chi connectivity index (χ1) is 9.08. The van der Waals surface area contributed by atoms with Crippen LogP contribution in [0.1, 0.15) is 55.3 Å². The fourth-order valence-electron chi connectivity index (χ4n) is 2.00. The highest BCUT2D eigenvalue weighted by atomic mass is 35.5. The van der Waals surface area contributed by atoms with E-state index >= 15 is 0 Å². The summed E-state index contributed by atoms with van der Waals surface area (Å²) in [5.74, 6) is 0.592. The fraction of sp³-hybridized carbons (Fsp3) is 0.500. The van der Waals surface area contributed by atoms with E-state index in [0.29, 0.717) is 10.8 Å². The molecular formula is C14H18ClN3O. The second-order valence-corrected chi connectivity index (χ2v) is 5.44. The van der Waals surface area contributed by atoms with Crippen LogP contribution in [0, 0.1) is 0 Å². The lowest BCUT2D eigenvalue weighted by atomic mass is 10.0. The smallest absolute Gasteiger partial charge is 0.271 e. The number of carbonyl (C=O) groups excluding carboxylic acids is 1. The minimum atomic E-state index is -0.213. The van der Waals surface area contributed by atoms with Gasteiger partial charge in [-0.1, -0.05) is 37.6 Å². The minimum absolute atomic E-state index is 0.168. The van der Waals surface area contributed by atoms with E-state index in [2.05, 4.69) is 27.4 Å². The van der Waals surface area contributed by atoms with Crippen LogP contribution in [0.4, 0.5) is 0 Å². The highest BCUT2D eigenvalue weighted by Crippen LogP contribution is 2.17. The van der Waals surface area contributed by atoms with Crippen LogP contribution in [0.25, 0.3) is 0 Å². The van der Waals surface area contributed by atoms with Gasteiger partial charge < -0.3 is 5.32 Å². The number of amides is 1. The predicted octanol–water partition coefficient (Wildman–Crippen LogP) is 3.09. The molecule has 1 heterocycles. The van der Waals surface area contributed by atoms with E-state index in [1.165, 1.54) is 6.20 Å². The van der Waals surface area contributed by atoms with Gasteiger partial charge in [-0.3, -0.25) is 4.79 Å². The Morgan fingerprint density at radius 2 is 2.26 bits per heavy atom. The van der Waals surface area contributed by atoms with E-state index in [1.54, 1.807) is 0 Å². The number of nitrogens with zero attached hydrogens (tertiary/aromatic N) is 2. The first-order valence-corrected chi connectivity index (χ1v) is 6.94. The van der Waals surface area contributed by atoms with Gasteiger partial charge in [-0.2, -0.15) is 0 Å². The lowest BCUT2D eigenvalue weighted by molar-refractivity contribution is 0.0929. The van der Waals surface area contributed by atoms with Crippen LogP contribution in [0.2, 0.25) is 5.02 Å². The van der Waals surface area contributed by atoms with E-state index in [0.717, 1.165) is 19.3 Å². The molecule has 1 aliphatic carbocycles. The lowest BCUT2D eigenvalue weighted by Gasteiger charge is -2.19. The summed E-state index contributed by atoms with van der Waals surface area (Å²) >= 11 is 6.01. The number of aromatic nitrogens is 2. The van der Waals surface area contributed by atoms with Gasteiger partial charge in [0.15, 0.2) is 0 Å². The molecule has 0 saturated carbocycles. The Morgan fingerprint density at radius 1 is 1.47 bits per heavy atom. The number of rotatable bonds is 3. The van der Waals surface area contributed by atoms with E-state index in [-0.39, 0.29) is 23.6 Å². The number of allylic oxidation sites excluding steroid dienone is 1. The molecule has 0 fully saturated rings. The van der Waals surface area contributed by atoms with Gasteiger partial charge in [-0.15, -0.1) is 0 Å². The Balaban J connectivity index is 2.13. The van der Waals surface area contributed by atoms with Crippen molar-refractivity contribution in [3.05, 3.63) is 34.9 Å². The number of halogens is 1. The highest BCUT2D eigenvalue weighted by molar-refractivity contribution is 6.33. The topological polar surface area (TPSA) is 54.9 Å². The van der Waals surface area contributed by atoms with Crippen LogP contribution in [0.5, 0.6) is 0 Å². The molecule has 1 unspecified atom stereocenters. The van der Waals surface area contributed by atoms with Gasteiger partial charge in [-0.05, 0) is 19.3 Å². The molecule has 1 N–H and O–H groups in total. The second kappa shape index (κ2) is 6.15. The maximum absolute atomic E-state index is 12.2. The molecule has 0 saturated heterocycles. The fourth-order valence-corrected chi connectivity index (χ4v) is 2.17. The number of carbonyl (C=O) groups is 1.